The minimum absolute atomic E-state index is 0.778. The first-order chi connectivity index (χ1) is 7.41. The Morgan fingerprint density at radius 1 is 0.800 bits per heavy atom. The highest BCUT2D eigenvalue weighted by atomic mass is 16.6. The maximum absolute atomic E-state index is 4.94. The van der Waals surface area contributed by atoms with E-state index in [1.54, 1.807) is 0 Å². The van der Waals surface area contributed by atoms with E-state index in [9.17, 15) is 0 Å². The summed E-state index contributed by atoms with van der Waals surface area (Å²) in [6, 6.07) is 0. The van der Waals surface area contributed by atoms with Gasteiger partial charge in [0.15, 0.2) is 0 Å². The minimum Gasteiger partial charge on any atom is -0.377 e. The van der Waals surface area contributed by atoms with Gasteiger partial charge in [-0.05, 0) is 25.9 Å². The molecule has 1 heterocycles. The van der Waals surface area contributed by atoms with E-state index in [1.165, 1.54) is 38.8 Å². The third-order valence-corrected chi connectivity index (χ3v) is 2.16. The van der Waals surface area contributed by atoms with E-state index in [2.05, 4.69) is 19.2 Å². The van der Waals surface area contributed by atoms with Crippen molar-refractivity contribution < 1.29 is 9.47 Å². The number of hydrogen-bond acceptors (Lipinski definition) is 3. The zero-order chi connectivity index (χ0) is 11.2. The molecule has 1 aliphatic rings. The van der Waals surface area contributed by atoms with Gasteiger partial charge in [0, 0.05) is 0 Å². The van der Waals surface area contributed by atoms with Crippen LogP contribution in [0.4, 0.5) is 0 Å². The fourth-order valence-electron chi connectivity index (χ4n) is 1.17. The first-order valence-electron chi connectivity index (χ1n) is 6.28. The van der Waals surface area contributed by atoms with Gasteiger partial charge in [-0.15, -0.1) is 0 Å². The molecule has 15 heavy (non-hydrogen) atoms. The summed E-state index contributed by atoms with van der Waals surface area (Å²) in [5.41, 5.74) is 0. The second-order valence-electron chi connectivity index (χ2n) is 3.68. The number of ether oxygens (including phenoxy) is 2. The summed E-state index contributed by atoms with van der Waals surface area (Å²) in [6.45, 7) is 9.97. The van der Waals surface area contributed by atoms with Gasteiger partial charge >= 0.3 is 0 Å². The summed E-state index contributed by atoms with van der Waals surface area (Å²) in [5.74, 6) is 0. The Morgan fingerprint density at radius 3 is 1.47 bits per heavy atom. The molecule has 0 saturated carbocycles. The van der Waals surface area contributed by atoms with Crippen molar-refractivity contribution in [2.24, 2.45) is 0 Å². The molecule has 0 aromatic heterocycles. The normalized spacial score (nSPS) is 15.6. The Morgan fingerprint density at radius 2 is 1.20 bits per heavy atom. The van der Waals surface area contributed by atoms with E-state index in [0.717, 1.165) is 26.4 Å². The molecular weight excluding hydrogens is 190 g/mol. The lowest BCUT2D eigenvalue weighted by Gasteiger charge is -2.09. The van der Waals surface area contributed by atoms with E-state index in [-0.39, 0.29) is 0 Å². The molecule has 3 heteroatoms. The standard InChI is InChI=1S/C8H19N.C4H8O2/c1-3-5-7-9-8-6-4-2;1-2-6-4-3-5-1/h9H,3-8H2,1-2H3;1-4H2. The molecule has 92 valence electrons. The lowest BCUT2D eigenvalue weighted by molar-refractivity contribution is -0.0334. The van der Waals surface area contributed by atoms with Crippen molar-refractivity contribution in [3.05, 3.63) is 0 Å². The number of rotatable bonds is 6. The number of nitrogens with one attached hydrogen (secondary N) is 1. The summed E-state index contributed by atoms with van der Waals surface area (Å²) >= 11 is 0. The van der Waals surface area contributed by atoms with Gasteiger partial charge in [-0.25, -0.2) is 0 Å². The second kappa shape index (κ2) is 13.9. The van der Waals surface area contributed by atoms with E-state index in [1.807, 2.05) is 0 Å². The van der Waals surface area contributed by atoms with E-state index in [0.29, 0.717) is 0 Å². The molecule has 0 radical (unpaired) electrons. The Bertz CT molecular complexity index is 88.3. The highest BCUT2D eigenvalue weighted by molar-refractivity contribution is 4.45. The van der Waals surface area contributed by atoms with Crippen molar-refractivity contribution in [1.82, 2.24) is 5.32 Å². The highest BCUT2D eigenvalue weighted by Crippen LogP contribution is 1.85. The first kappa shape index (κ1) is 14.9. The molecular formula is C12H27NO2. The fourth-order valence-corrected chi connectivity index (χ4v) is 1.17. The molecule has 1 rings (SSSR count). The van der Waals surface area contributed by atoms with Crippen LogP contribution in [0.2, 0.25) is 0 Å². The van der Waals surface area contributed by atoms with Gasteiger partial charge in [0.1, 0.15) is 0 Å². The molecule has 1 saturated heterocycles. The predicted molar refractivity (Wildman–Crippen MR) is 64.3 cm³/mol. The van der Waals surface area contributed by atoms with Crippen LogP contribution in [0, 0.1) is 0 Å². The summed E-state index contributed by atoms with van der Waals surface area (Å²) in [6.07, 6.45) is 5.26. The third kappa shape index (κ3) is 13.9. The molecule has 0 atom stereocenters. The molecule has 0 aliphatic carbocycles. The lowest BCUT2D eigenvalue weighted by Crippen LogP contribution is -2.16. The van der Waals surface area contributed by atoms with Gasteiger partial charge in [0.2, 0.25) is 0 Å². The van der Waals surface area contributed by atoms with Crippen LogP contribution in [0.5, 0.6) is 0 Å². The second-order valence-corrected chi connectivity index (χ2v) is 3.68. The lowest BCUT2D eigenvalue weighted by atomic mass is 10.3. The van der Waals surface area contributed by atoms with Crippen LogP contribution in [0.3, 0.4) is 0 Å². The Balaban J connectivity index is 0.000000280. The Labute approximate surface area is 94.5 Å². The SMILES string of the molecule is C1COCCO1.CCCCNCCCC. The molecule has 0 aromatic carbocycles. The highest BCUT2D eigenvalue weighted by Gasteiger charge is 1.94. The molecule has 0 unspecified atom stereocenters. The summed E-state index contributed by atoms with van der Waals surface area (Å²) in [7, 11) is 0. The Hall–Kier alpha value is -0.120. The van der Waals surface area contributed by atoms with Crippen molar-refractivity contribution in [2.45, 2.75) is 39.5 Å². The summed E-state index contributed by atoms with van der Waals surface area (Å²) in [5, 5.41) is 3.39. The van der Waals surface area contributed by atoms with Gasteiger partial charge in [-0.3, -0.25) is 0 Å². The van der Waals surface area contributed by atoms with Crippen LogP contribution in [-0.4, -0.2) is 39.5 Å². The van der Waals surface area contributed by atoms with Crippen molar-refractivity contribution >= 4 is 0 Å². The molecule has 0 bridgehead atoms. The zero-order valence-electron chi connectivity index (χ0n) is 10.4. The predicted octanol–water partition coefficient (Wildman–Crippen LogP) is 2.21. The third-order valence-electron chi connectivity index (χ3n) is 2.16. The average Bonchev–Trinajstić information content (AvgIpc) is 2.32. The summed E-state index contributed by atoms with van der Waals surface area (Å²) in [4.78, 5) is 0. The van der Waals surface area contributed by atoms with Crippen molar-refractivity contribution in [2.75, 3.05) is 39.5 Å². The molecule has 1 N–H and O–H groups in total. The maximum Gasteiger partial charge on any atom is 0.0701 e. The van der Waals surface area contributed by atoms with E-state index < -0.39 is 0 Å². The zero-order valence-corrected chi connectivity index (χ0v) is 10.4. The molecule has 1 aliphatic heterocycles. The molecule has 0 amide bonds. The minimum atomic E-state index is 0.778. The van der Waals surface area contributed by atoms with Gasteiger partial charge in [-0.2, -0.15) is 0 Å². The van der Waals surface area contributed by atoms with Crippen LogP contribution < -0.4 is 5.32 Å². The number of unbranched alkanes of at least 4 members (excludes halogenated alkanes) is 2. The smallest absolute Gasteiger partial charge is 0.0701 e. The van der Waals surface area contributed by atoms with Crippen molar-refractivity contribution in [3.8, 4) is 0 Å². The quantitative estimate of drug-likeness (QED) is 0.692. The maximum atomic E-state index is 4.94. The summed E-state index contributed by atoms with van der Waals surface area (Å²) < 4.78 is 9.89. The Kier molecular flexibility index (Phi) is 13.8. The van der Waals surface area contributed by atoms with Gasteiger partial charge in [0.25, 0.3) is 0 Å². The van der Waals surface area contributed by atoms with E-state index in [4.69, 9.17) is 9.47 Å². The van der Waals surface area contributed by atoms with Crippen LogP contribution in [-0.2, 0) is 9.47 Å². The molecule has 3 nitrogen and oxygen atoms in total. The topological polar surface area (TPSA) is 30.5 Å². The van der Waals surface area contributed by atoms with Crippen LogP contribution in [0.25, 0.3) is 0 Å². The number of hydrogen-bond donors (Lipinski definition) is 1. The van der Waals surface area contributed by atoms with Gasteiger partial charge in [-0.1, -0.05) is 26.7 Å². The fraction of sp³-hybridized carbons (Fsp3) is 1.00. The molecule has 0 aromatic rings. The van der Waals surface area contributed by atoms with E-state index >= 15 is 0 Å². The molecule has 1 fully saturated rings. The van der Waals surface area contributed by atoms with Gasteiger partial charge < -0.3 is 14.8 Å². The largest absolute Gasteiger partial charge is 0.377 e. The van der Waals surface area contributed by atoms with Gasteiger partial charge in [0.05, 0.1) is 26.4 Å². The van der Waals surface area contributed by atoms with Crippen molar-refractivity contribution in [1.29, 1.82) is 0 Å². The first-order valence-corrected chi connectivity index (χ1v) is 6.28. The molecule has 0 spiro atoms. The van der Waals surface area contributed by atoms with Crippen molar-refractivity contribution in [3.63, 3.8) is 0 Å². The van der Waals surface area contributed by atoms with Crippen LogP contribution >= 0.6 is 0 Å². The van der Waals surface area contributed by atoms with Crippen LogP contribution in [0.15, 0.2) is 0 Å². The monoisotopic (exact) mass is 217 g/mol. The van der Waals surface area contributed by atoms with Crippen LogP contribution in [0.1, 0.15) is 39.5 Å². The average molecular weight is 217 g/mol.